The molecule has 3 heteroatoms. The zero-order chi connectivity index (χ0) is 6.91. The lowest BCUT2D eigenvalue weighted by atomic mass is 9.91. The van der Waals surface area contributed by atoms with Crippen LogP contribution in [0.5, 0.6) is 0 Å². The van der Waals surface area contributed by atoms with Gasteiger partial charge in [0.15, 0.2) is 0 Å². The molecule has 1 atom stereocenters. The Bertz CT molecular complexity index is 106. The van der Waals surface area contributed by atoms with Crippen molar-refractivity contribution in [2.24, 2.45) is 11.1 Å². The van der Waals surface area contributed by atoms with E-state index in [-0.39, 0.29) is 12.4 Å². The van der Waals surface area contributed by atoms with Gasteiger partial charge in [-0.3, -0.25) is 0 Å². The van der Waals surface area contributed by atoms with Crippen LogP contribution in [0.25, 0.3) is 0 Å². The molecule has 0 aliphatic carbocycles. The first-order valence-electron chi connectivity index (χ1n) is 3.46. The first kappa shape index (κ1) is 10.2. The van der Waals surface area contributed by atoms with Crippen LogP contribution < -0.4 is 5.73 Å². The SMILES string of the molecule is CC1(C)CO[C@H](CN)C1.Cl. The quantitative estimate of drug-likeness (QED) is 0.634. The molecule has 0 amide bonds. The van der Waals surface area contributed by atoms with Crippen LogP contribution in [0, 0.1) is 5.41 Å². The fourth-order valence-corrected chi connectivity index (χ4v) is 1.23. The highest BCUT2D eigenvalue weighted by molar-refractivity contribution is 5.85. The van der Waals surface area contributed by atoms with E-state index in [1.165, 1.54) is 0 Å². The lowest BCUT2D eigenvalue weighted by Crippen LogP contribution is -2.19. The van der Waals surface area contributed by atoms with Gasteiger partial charge in [0, 0.05) is 6.54 Å². The van der Waals surface area contributed by atoms with E-state index in [4.69, 9.17) is 10.5 Å². The van der Waals surface area contributed by atoms with Crippen molar-refractivity contribution < 1.29 is 4.74 Å². The summed E-state index contributed by atoms with van der Waals surface area (Å²) in [6, 6.07) is 0. The van der Waals surface area contributed by atoms with Gasteiger partial charge in [-0.1, -0.05) is 13.8 Å². The summed E-state index contributed by atoms with van der Waals surface area (Å²) in [5.74, 6) is 0. The van der Waals surface area contributed by atoms with Crippen molar-refractivity contribution in [1.82, 2.24) is 0 Å². The lowest BCUT2D eigenvalue weighted by Gasteiger charge is -2.12. The Hall–Kier alpha value is 0.210. The third-order valence-corrected chi connectivity index (χ3v) is 1.75. The maximum absolute atomic E-state index is 5.43. The Morgan fingerprint density at radius 2 is 2.20 bits per heavy atom. The van der Waals surface area contributed by atoms with Gasteiger partial charge in [0.2, 0.25) is 0 Å². The van der Waals surface area contributed by atoms with E-state index in [2.05, 4.69) is 13.8 Å². The number of nitrogens with two attached hydrogens (primary N) is 1. The van der Waals surface area contributed by atoms with Gasteiger partial charge in [-0.2, -0.15) is 0 Å². The van der Waals surface area contributed by atoms with Gasteiger partial charge in [0.25, 0.3) is 0 Å². The molecule has 1 aliphatic rings. The number of rotatable bonds is 1. The van der Waals surface area contributed by atoms with Crippen LogP contribution in [0.3, 0.4) is 0 Å². The van der Waals surface area contributed by atoms with Crippen LogP contribution in [0.4, 0.5) is 0 Å². The summed E-state index contributed by atoms with van der Waals surface area (Å²) in [5, 5.41) is 0. The van der Waals surface area contributed by atoms with Gasteiger partial charge in [-0.25, -0.2) is 0 Å². The number of halogens is 1. The second-order valence-corrected chi connectivity index (χ2v) is 3.54. The summed E-state index contributed by atoms with van der Waals surface area (Å²) >= 11 is 0. The zero-order valence-electron chi connectivity index (χ0n) is 6.59. The molecule has 0 saturated carbocycles. The fraction of sp³-hybridized carbons (Fsp3) is 1.00. The van der Waals surface area contributed by atoms with E-state index in [0.717, 1.165) is 13.0 Å². The minimum Gasteiger partial charge on any atom is -0.376 e. The van der Waals surface area contributed by atoms with E-state index in [9.17, 15) is 0 Å². The Morgan fingerprint density at radius 3 is 2.40 bits per heavy atom. The molecule has 2 nitrogen and oxygen atoms in total. The van der Waals surface area contributed by atoms with Crippen LogP contribution in [-0.2, 0) is 4.74 Å². The molecule has 1 fully saturated rings. The van der Waals surface area contributed by atoms with E-state index in [1.807, 2.05) is 0 Å². The molecule has 1 heterocycles. The first-order chi connectivity index (χ1) is 4.14. The second kappa shape index (κ2) is 3.56. The van der Waals surface area contributed by atoms with Gasteiger partial charge in [0.05, 0.1) is 12.7 Å². The summed E-state index contributed by atoms with van der Waals surface area (Å²) in [6.45, 7) is 5.96. The second-order valence-electron chi connectivity index (χ2n) is 3.54. The monoisotopic (exact) mass is 165 g/mol. The van der Waals surface area contributed by atoms with Gasteiger partial charge in [-0.15, -0.1) is 12.4 Å². The van der Waals surface area contributed by atoms with Crippen molar-refractivity contribution >= 4 is 12.4 Å². The van der Waals surface area contributed by atoms with Crippen molar-refractivity contribution in [1.29, 1.82) is 0 Å². The van der Waals surface area contributed by atoms with Crippen LogP contribution >= 0.6 is 12.4 Å². The maximum atomic E-state index is 5.43. The Labute approximate surface area is 68.5 Å². The molecule has 0 unspecified atom stereocenters. The van der Waals surface area contributed by atoms with E-state index in [0.29, 0.717) is 18.1 Å². The predicted octanol–water partition coefficient (Wildman–Crippen LogP) is 1.18. The smallest absolute Gasteiger partial charge is 0.0703 e. The molecule has 62 valence electrons. The summed E-state index contributed by atoms with van der Waals surface area (Å²) in [7, 11) is 0. The minimum atomic E-state index is 0. The van der Waals surface area contributed by atoms with Crippen molar-refractivity contribution in [3.63, 3.8) is 0 Å². The van der Waals surface area contributed by atoms with E-state index < -0.39 is 0 Å². The molecule has 0 aromatic rings. The zero-order valence-corrected chi connectivity index (χ0v) is 7.41. The number of ether oxygens (including phenoxy) is 1. The molecule has 0 radical (unpaired) electrons. The van der Waals surface area contributed by atoms with Gasteiger partial charge >= 0.3 is 0 Å². The molecule has 0 aromatic carbocycles. The molecule has 2 N–H and O–H groups in total. The Balaban J connectivity index is 0.000000810. The highest BCUT2D eigenvalue weighted by atomic mass is 35.5. The van der Waals surface area contributed by atoms with Crippen LogP contribution in [0.15, 0.2) is 0 Å². The predicted molar refractivity (Wildman–Crippen MR) is 44.4 cm³/mol. The third-order valence-electron chi connectivity index (χ3n) is 1.75. The summed E-state index contributed by atoms with van der Waals surface area (Å²) in [5.41, 5.74) is 5.80. The van der Waals surface area contributed by atoms with Crippen molar-refractivity contribution in [2.75, 3.05) is 13.2 Å². The number of hydrogen-bond donors (Lipinski definition) is 1. The molecular weight excluding hydrogens is 150 g/mol. The maximum Gasteiger partial charge on any atom is 0.0703 e. The van der Waals surface area contributed by atoms with Gasteiger partial charge in [-0.05, 0) is 11.8 Å². The Kier molecular flexibility index (Phi) is 3.63. The third kappa shape index (κ3) is 2.45. The van der Waals surface area contributed by atoms with E-state index in [1.54, 1.807) is 0 Å². The number of hydrogen-bond acceptors (Lipinski definition) is 2. The van der Waals surface area contributed by atoms with E-state index >= 15 is 0 Å². The molecule has 1 aliphatic heterocycles. The molecule has 1 saturated heterocycles. The molecular formula is C7H16ClNO. The summed E-state index contributed by atoms with van der Waals surface area (Å²) in [6.07, 6.45) is 1.43. The van der Waals surface area contributed by atoms with Crippen LogP contribution in [-0.4, -0.2) is 19.3 Å². The summed E-state index contributed by atoms with van der Waals surface area (Å²) in [4.78, 5) is 0. The van der Waals surface area contributed by atoms with Crippen molar-refractivity contribution in [3.8, 4) is 0 Å². The Morgan fingerprint density at radius 1 is 1.60 bits per heavy atom. The topological polar surface area (TPSA) is 35.2 Å². The largest absolute Gasteiger partial charge is 0.376 e. The molecule has 10 heavy (non-hydrogen) atoms. The van der Waals surface area contributed by atoms with Crippen molar-refractivity contribution in [2.45, 2.75) is 26.4 Å². The van der Waals surface area contributed by atoms with Gasteiger partial charge < -0.3 is 10.5 Å². The summed E-state index contributed by atoms with van der Waals surface area (Å²) < 4.78 is 5.39. The highest BCUT2D eigenvalue weighted by Crippen LogP contribution is 2.30. The average molecular weight is 166 g/mol. The van der Waals surface area contributed by atoms with Crippen LogP contribution in [0.1, 0.15) is 20.3 Å². The molecule has 1 rings (SSSR count). The minimum absolute atomic E-state index is 0. The average Bonchev–Trinajstić information content (AvgIpc) is 2.10. The highest BCUT2D eigenvalue weighted by Gasteiger charge is 2.30. The first-order valence-corrected chi connectivity index (χ1v) is 3.46. The fourth-order valence-electron chi connectivity index (χ4n) is 1.23. The normalized spacial score (nSPS) is 29.7. The van der Waals surface area contributed by atoms with Gasteiger partial charge in [0.1, 0.15) is 0 Å². The van der Waals surface area contributed by atoms with Crippen LogP contribution in [0.2, 0.25) is 0 Å². The molecule has 0 aromatic heterocycles. The standard InChI is InChI=1S/C7H15NO.ClH/c1-7(2)3-6(4-8)9-5-7;/h6H,3-5,8H2,1-2H3;1H/t6-;/m0./s1. The molecule has 0 bridgehead atoms. The van der Waals surface area contributed by atoms with Crippen molar-refractivity contribution in [3.05, 3.63) is 0 Å². The lowest BCUT2D eigenvalue weighted by molar-refractivity contribution is 0.105. The molecule has 0 spiro atoms.